The summed E-state index contributed by atoms with van der Waals surface area (Å²) in [5.74, 6) is 0.686. The van der Waals surface area contributed by atoms with Crippen LogP contribution in [0.4, 0.5) is 5.82 Å². The van der Waals surface area contributed by atoms with Crippen LogP contribution in [0.15, 0.2) is 12.4 Å². The molecule has 2 rings (SSSR count). The second-order valence-corrected chi connectivity index (χ2v) is 3.69. The molecule has 1 amide bonds. The molecule has 0 saturated heterocycles. The van der Waals surface area contributed by atoms with E-state index in [1.165, 1.54) is 0 Å². The molecule has 1 aromatic rings. The Morgan fingerprint density at radius 2 is 2.20 bits per heavy atom. The first-order chi connectivity index (χ1) is 7.25. The Kier molecular flexibility index (Phi) is 2.80. The molecule has 0 atom stereocenters. The van der Waals surface area contributed by atoms with E-state index in [0.717, 1.165) is 18.5 Å². The third-order valence-corrected chi connectivity index (χ3v) is 2.24. The minimum Gasteiger partial charge on any atom is -0.360 e. The molecule has 1 aliphatic carbocycles. The first-order valence-electron chi connectivity index (χ1n) is 5.06. The first kappa shape index (κ1) is 9.89. The Balaban J connectivity index is 1.81. The van der Waals surface area contributed by atoms with Crippen LogP contribution in [0.5, 0.6) is 0 Å². The van der Waals surface area contributed by atoms with Gasteiger partial charge in [-0.1, -0.05) is 0 Å². The van der Waals surface area contributed by atoms with Crippen LogP contribution in [0.1, 0.15) is 18.5 Å². The number of anilines is 1. The number of carbonyl (C=O) groups is 1. The maximum atomic E-state index is 11.4. The average molecular weight is 206 g/mol. The zero-order valence-corrected chi connectivity index (χ0v) is 8.66. The predicted octanol–water partition coefficient (Wildman–Crippen LogP) is 0.476. The summed E-state index contributed by atoms with van der Waals surface area (Å²) in [4.78, 5) is 19.5. The SMILES string of the molecule is Cc1nccnc1NCC(=O)NC1CC1. The van der Waals surface area contributed by atoms with E-state index in [1.54, 1.807) is 12.4 Å². The molecule has 0 aliphatic heterocycles. The van der Waals surface area contributed by atoms with Crippen molar-refractivity contribution in [1.82, 2.24) is 15.3 Å². The molecule has 0 unspecified atom stereocenters. The van der Waals surface area contributed by atoms with Gasteiger partial charge in [-0.15, -0.1) is 0 Å². The zero-order chi connectivity index (χ0) is 10.7. The van der Waals surface area contributed by atoms with Crippen molar-refractivity contribution in [3.8, 4) is 0 Å². The third kappa shape index (κ3) is 2.90. The fourth-order valence-electron chi connectivity index (χ4n) is 1.25. The first-order valence-corrected chi connectivity index (χ1v) is 5.06. The van der Waals surface area contributed by atoms with Gasteiger partial charge >= 0.3 is 0 Å². The maximum absolute atomic E-state index is 11.4. The molecule has 1 aliphatic rings. The summed E-state index contributed by atoms with van der Waals surface area (Å²) in [7, 11) is 0. The number of amides is 1. The minimum atomic E-state index is 0.0163. The highest BCUT2D eigenvalue weighted by atomic mass is 16.2. The Labute approximate surface area is 88.3 Å². The van der Waals surface area contributed by atoms with E-state index < -0.39 is 0 Å². The van der Waals surface area contributed by atoms with Gasteiger partial charge in [-0.05, 0) is 19.8 Å². The molecule has 5 nitrogen and oxygen atoms in total. The van der Waals surface area contributed by atoms with Gasteiger partial charge in [0.25, 0.3) is 0 Å². The van der Waals surface area contributed by atoms with Gasteiger partial charge in [0, 0.05) is 18.4 Å². The average Bonchev–Trinajstić information content (AvgIpc) is 3.00. The van der Waals surface area contributed by atoms with Gasteiger partial charge in [-0.25, -0.2) is 4.98 Å². The largest absolute Gasteiger partial charge is 0.360 e. The molecule has 0 spiro atoms. The van der Waals surface area contributed by atoms with Crippen LogP contribution in [0.2, 0.25) is 0 Å². The summed E-state index contributed by atoms with van der Waals surface area (Å²) in [5.41, 5.74) is 0.803. The third-order valence-electron chi connectivity index (χ3n) is 2.24. The summed E-state index contributed by atoms with van der Waals surface area (Å²) in [6.07, 6.45) is 5.45. The van der Waals surface area contributed by atoms with Gasteiger partial charge in [-0.3, -0.25) is 9.78 Å². The van der Waals surface area contributed by atoms with Gasteiger partial charge < -0.3 is 10.6 Å². The molecule has 15 heavy (non-hydrogen) atoms. The fourth-order valence-corrected chi connectivity index (χ4v) is 1.25. The van der Waals surface area contributed by atoms with Crippen molar-refractivity contribution in [2.75, 3.05) is 11.9 Å². The normalized spacial score (nSPS) is 14.7. The van der Waals surface area contributed by atoms with Crippen LogP contribution in [0, 0.1) is 6.92 Å². The van der Waals surface area contributed by atoms with E-state index in [0.29, 0.717) is 11.9 Å². The molecule has 1 saturated carbocycles. The lowest BCUT2D eigenvalue weighted by molar-refractivity contribution is -0.119. The van der Waals surface area contributed by atoms with Crippen molar-refractivity contribution in [3.63, 3.8) is 0 Å². The number of hydrogen-bond donors (Lipinski definition) is 2. The van der Waals surface area contributed by atoms with Gasteiger partial charge in [-0.2, -0.15) is 0 Å². The standard InChI is InChI=1S/C10H14N4O/c1-7-10(12-5-4-11-7)13-6-9(15)14-8-2-3-8/h4-5,8H,2-3,6H2,1H3,(H,12,13)(H,14,15). The predicted molar refractivity (Wildman–Crippen MR) is 56.4 cm³/mol. The van der Waals surface area contributed by atoms with E-state index in [9.17, 15) is 4.79 Å². The van der Waals surface area contributed by atoms with Crippen molar-refractivity contribution in [1.29, 1.82) is 0 Å². The van der Waals surface area contributed by atoms with Gasteiger partial charge in [0.1, 0.15) is 5.82 Å². The molecule has 1 fully saturated rings. The van der Waals surface area contributed by atoms with E-state index in [1.807, 2.05) is 6.92 Å². The highest BCUT2D eigenvalue weighted by Crippen LogP contribution is 2.18. The van der Waals surface area contributed by atoms with E-state index in [4.69, 9.17) is 0 Å². The van der Waals surface area contributed by atoms with Crippen LogP contribution in [-0.4, -0.2) is 28.5 Å². The zero-order valence-electron chi connectivity index (χ0n) is 8.66. The molecule has 1 aromatic heterocycles. The second-order valence-electron chi connectivity index (χ2n) is 3.69. The monoisotopic (exact) mass is 206 g/mol. The molecule has 0 aromatic carbocycles. The van der Waals surface area contributed by atoms with Crippen LogP contribution in [-0.2, 0) is 4.79 Å². The number of aryl methyl sites for hydroxylation is 1. The Bertz CT molecular complexity index is 362. The molecule has 0 radical (unpaired) electrons. The van der Waals surface area contributed by atoms with Crippen LogP contribution < -0.4 is 10.6 Å². The lowest BCUT2D eigenvalue weighted by Crippen LogP contribution is -2.31. The number of nitrogens with one attached hydrogen (secondary N) is 2. The van der Waals surface area contributed by atoms with Crippen LogP contribution in [0.3, 0.4) is 0 Å². The van der Waals surface area contributed by atoms with Gasteiger partial charge in [0.05, 0.1) is 12.2 Å². The highest BCUT2D eigenvalue weighted by Gasteiger charge is 2.22. The molecular formula is C10H14N4O. The number of carbonyl (C=O) groups excluding carboxylic acids is 1. The minimum absolute atomic E-state index is 0.0163. The maximum Gasteiger partial charge on any atom is 0.239 e. The second kappa shape index (κ2) is 4.25. The summed E-state index contributed by atoms with van der Waals surface area (Å²) in [6, 6.07) is 0.405. The summed E-state index contributed by atoms with van der Waals surface area (Å²) >= 11 is 0. The molecule has 5 heteroatoms. The topological polar surface area (TPSA) is 66.9 Å². The summed E-state index contributed by atoms with van der Waals surface area (Å²) in [6.45, 7) is 2.12. The quantitative estimate of drug-likeness (QED) is 0.751. The Morgan fingerprint density at radius 3 is 2.87 bits per heavy atom. The van der Waals surface area contributed by atoms with Crippen LogP contribution in [0.25, 0.3) is 0 Å². The molecule has 0 bridgehead atoms. The molecule has 1 heterocycles. The van der Waals surface area contributed by atoms with Crippen LogP contribution >= 0.6 is 0 Å². The van der Waals surface area contributed by atoms with E-state index in [2.05, 4.69) is 20.6 Å². The Morgan fingerprint density at radius 1 is 1.47 bits per heavy atom. The van der Waals surface area contributed by atoms with Crippen molar-refractivity contribution >= 4 is 11.7 Å². The van der Waals surface area contributed by atoms with E-state index in [-0.39, 0.29) is 12.5 Å². The van der Waals surface area contributed by atoms with Crippen molar-refractivity contribution in [3.05, 3.63) is 18.1 Å². The van der Waals surface area contributed by atoms with E-state index >= 15 is 0 Å². The number of nitrogens with zero attached hydrogens (tertiary/aromatic N) is 2. The van der Waals surface area contributed by atoms with Gasteiger partial charge in [0.15, 0.2) is 0 Å². The lowest BCUT2D eigenvalue weighted by atomic mass is 10.4. The highest BCUT2D eigenvalue weighted by molar-refractivity contribution is 5.81. The van der Waals surface area contributed by atoms with Crippen molar-refractivity contribution < 1.29 is 4.79 Å². The van der Waals surface area contributed by atoms with Crippen molar-refractivity contribution in [2.45, 2.75) is 25.8 Å². The fraction of sp³-hybridized carbons (Fsp3) is 0.500. The molecule has 80 valence electrons. The summed E-state index contributed by atoms with van der Waals surface area (Å²) in [5, 5.41) is 5.85. The van der Waals surface area contributed by atoms with Crippen molar-refractivity contribution in [2.24, 2.45) is 0 Å². The Hall–Kier alpha value is -1.65. The number of rotatable bonds is 4. The lowest BCUT2D eigenvalue weighted by Gasteiger charge is -2.07. The number of hydrogen-bond acceptors (Lipinski definition) is 4. The summed E-state index contributed by atoms with van der Waals surface area (Å²) < 4.78 is 0. The molecular weight excluding hydrogens is 192 g/mol. The smallest absolute Gasteiger partial charge is 0.239 e. The number of aromatic nitrogens is 2. The van der Waals surface area contributed by atoms with Gasteiger partial charge in [0.2, 0.25) is 5.91 Å². The molecule has 2 N–H and O–H groups in total.